The van der Waals surface area contributed by atoms with Gasteiger partial charge >= 0.3 is 6.36 Å². The molecule has 1 aromatic rings. The molecule has 0 aromatic heterocycles. The van der Waals surface area contributed by atoms with Gasteiger partial charge in [0.05, 0.1) is 17.3 Å². The fraction of sp³-hybridized carbons (Fsp3) is 0.312. The van der Waals surface area contributed by atoms with Gasteiger partial charge in [-0.25, -0.2) is 0 Å². The van der Waals surface area contributed by atoms with Gasteiger partial charge in [0.25, 0.3) is 0 Å². The Morgan fingerprint density at radius 3 is 2.60 bits per heavy atom. The van der Waals surface area contributed by atoms with Crippen molar-refractivity contribution in [3.8, 4) is 5.75 Å². The molecule has 0 spiro atoms. The third kappa shape index (κ3) is 6.02. The maximum Gasteiger partial charge on any atom is 0.573 e. The highest BCUT2D eigenvalue weighted by molar-refractivity contribution is 8.06. The van der Waals surface area contributed by atoms with E-state index in [2.05, 4.69) is 16.6 Å². The zero-order valence-electron chi connectivity index (χ0n) is 13.3. The van der Waals surface area contributed by atoms with Crippen molar-refractivity contribution in [2.24, 2.45) is 5.73 Å². The first-order chi connectivity index (χ1) is 11.8. The highest BCUT2D eigenvalue weighted by Crippen LogP contribution is 2.39. The first-order valence-corrected chi connectivity index (χ1v) is 8.33. The van der Waals surface area contributed by atoms with E-state index in [9.17, 15) is 18.0 Å². The normalized spacial score (nSPS) is 14.6. The van der Waals surface area contributed by atoms with Crippen LogP contribution in [0.15, 0.2) is 41.3 Å². The first kappa shape index (κ1) is 19.2. The molecule has 3 N–H and O–H groups in total. The van der Waals surface area contributed by atoms with Gasteiger partial charge in [-0.2, -0.15) is 0 Å². The Morgan fingerprint density at radius 2 is 2.00 bits per heavy atom. The second-order valence-electron chi connectivity index (χ2n) is 5.24. The molecular formula is C16H18F3N3O2S. The molecule has 1 aliphatic heterocycles. The molecule has 0 aliphatic carbocycles. The van der Waals surface area contributed by atoms with Gasteiger partial charge in [-0.3, -0.25) is 4.79 Å². The highest BCUT2D eigenvalue weighted by atomic mass is 32.2. The number of rotatable bonds is 8. The molecule has 1 aromatic carbocycles. The standard InChI is InChI=1S/C16H18F3N3O2S/c1-11-22(8-2-7-21-9-15(20)23)14(10-25-11)12-3-5-13(6-4-12)24-16(17,18)19/h3-6,10,21H,1-2,7-9H2,(H2,20,23). The van der Waals surface area contributed by atoms with Crippen LogP contribution in [0.5, 0.6) is 5.75 Å². The number of primary amides is 1. The molecule has 2 rings (SSSR count). The van der Waals surface area contributed by atoms with Gasteiger partial charge in [0, 0.05) is 12.0 Å². The molecule has 1 amide bonds. The van der Waals surface area contributed by atoms with Gasteiger partial charge in [0.2, 0.25) is 5.91 Å². The Hall–Kier alpha value is -2.13. The third-order valence-electron chi connectivity index (χ3n) is 3.32. The summed E-state index contributed by atoms with van der Waals surface area (Å²) in [4.78, 5) is 12.6. The summed E-state index contributed by atoms with van der Waals surface area (Å²) in [5.41, 5.74) is 6.68. The fourth-order valence-corrected chi connectivity index (χ4v) is 3.08. The molecule has 1 aliphatic rings. The number of thioether (sulfide) groups is 1. The summed E-state index contributed by atoms with van der Waals surface area (Å²) < 4.78 is 40.5. The van der Waals surface area contributed by atoms with E-state index in [0.29, 0.717) is 13.1 Å². The maximum absolute atomic E-state index is 12.2. The van der Waals surface area contributed by atoms with Crippen molar-refractivity contribution in [1.82, 2.24) is 10.2 Å². The van der Waals surface area contributed by atoms with E-state index >= 15 is 0 Å². The molecular weight excluding hydrogens is 355 g/mol. The van der Waals surface area contributed by atoms with Crippen molar-refractivity contribution in [1.29, 1.82) is 0 Å². The number of carbonyl (C=O) groups is 1. The number of hydrogen-bond acceptors (Lipinski definition) is 5. The predicted molar refractivity (Wildman–Crippen MR) is 91.2 cm³/mol. The summed E-state index contributed by atoms with van der Waals surface area (Å²) in [6, 6.07) is 5.71. The van der Waals surface area contributed by atoms with Crippen molar-refractivity contribution in [2.75, 3.05) is 19.6 Å². The first-order valence-electron chi connectivity index (χ1n) is 7.45. The van der Waals surface area contributed by atoms with E-state index in [1.165, 1.54) is 23.9 Å². The van der Waals surface area contributed by atoms with Crippen LogP contribution in [-0.2, 0) is 4.79 Å². The molecule has 0 bridgehead atoms. The number of nitrogens with one attached hydrogen (secondary N) is 1. The second-order valence-corrected chi connectivity index (χ2v) is 6.18. The largest absolute Gasteiger partial charge is 0.573 e. The lowest BCUT2D eigenvalue weighted by molar-refractivity contribution is -0.274. The predicted octanol–water partition coefficient (Wildman–Crippen LogP) is 2.87. The molecule has 0 saturated carbocycles. The second kappa shape index (κ2) is 8.30. The van der Waals surface area contributed by atoms with Crippen LogP contribution in [0.1, 0.15) is 12.0 Å². The molecule has 1 heterocycles. The molecule has 9 heteroatoms. The van der Waals surface area contributed by atoms with Crippen molar-refractivity contribution in [3.05, 3.63) is 46.8 Å². The molecule has 25 heavy (non-hydrogen) atoms. The summed E-state index contributed by atoms with van der Waals surface area (Å²) in [5.74, 6) is -0.675. The average Bonchev–Trinajstić information content (AvgIpc) is 2.87. The van der Waals surface area contributed by atoms with Crippen molar-refractivity contribution in [2.45, 2.75) is 12.8 Å². The van der Waals surface area contributed by atoms with Crippen molar-refractivity contribution in [3.63, 3.8) is 0 Å². The lowest BCUT2D eigenvalue weighted by Crippen LogP contribution is -2.30. The van der Waals surface area contributed by atoms with E-state index < -0.39 is 12.3 Å². The summed E-state index contributed by atoms with van der Waals surface area (Å²) in [7, 11) is 0. The van der Waals surface area contributed by atoms with E-state index in [0.717, 1.165) is 22.7 Å². The Kier molecular flexibility index (Phi) is 6.38. The minimum atomic E-state index is -4.71. The number of carbonyl (C=O) groups excluding carboxylic acids is 1. The van der Waals surface area contributed by atoms with Crippen LogP contribution in [0, 0.1) is 0 Å². The molecule has 0 atom stereocenters. The topological polar surface area (TPSA) is 67.6 Å². The Morgan fingerprint density at radius 1 is 1.32 bits per heavy atom. The van der Waals surface area contributed by atoms with Crippen LogP contribution in [0.3, 0.4) is 0 Å². The van der Waals surface area contributed by atoms with Gasteiger partial charge in [0.1, 0.15) is 5.75 Å². The fourth-order valence-electron chi connectivity index (χ4n) is 2.26. The van der Waals surface area contributed by atoms with E-state index in [-0.39, 0.29) is 12.3 Å². The number of ether oxygens (including phenoxy) is 1. The lowest BCUT2D eigenvalue weighted by atomic mass is 10.1. The van der Waals surface area contributed by atoms with Gasteiger partial charge in [0.15, 0.2) is 0 Å². The molecule has 0 unspecified atom stereocenters. The molecule has 0 fully saturated rings. The van der Waals surface area contributed by atoms with Crippen LogP contribution in [0.4, 0.5) is 13.2 Å². The number of amides is 1. The Labute approximate surface area is 147 Å². The van der Waals surface area contributed by atoms with Crippen LogP contribution in [0.2, 0.25) is 0 Å². The summed E-state index contributed by atoms with van der Waals surface area (Å²) in [5, 5.41) is 5.66. The third-order valence-corrected chi connectivity index (χ3v) is 4.15. The smallest absolute Gasteiger partial charge is 0.406 e. The van der Waals surface area contributed by atoms with Gasteiger partial charge in [-0.1, -0.05) is 18.3 Å². The van der Waals surface area contributed by atoms with E-state index in [4.69, 9.17) is 5.73 Å². The minimum absolute atomic E-state index is 0.124. The number of halogens is 3. The number of alkyl halides is 3. The Bertz CT molecular complexity index is 660. The SMILES string of the molecule is C=C1SC=C(c2ccc(OC(F)(F)F)cc2)N1CCCNCC(N)=O. The highest BCUT2D eigenvalue weighted by Gasteiger charge is 2.31. The molecule has 5 nitrogen and oxygen atoms in total. The van der Waals surface area contributed by atoms with Crippen LogP contribution in [-0.4, -0.2) is 36.8 Å². The zero-order chi connectivity index (χ0) is 18.4. The quantitative estimate of drug-likeness (QED) is 0.686. The number of hydrogen-bond donors (Lipinski definition) is 2. The van der Waals surface area contributed by atoms with Crippen LogP contribution < -0.4 is 15.8 Å². The molecule has 136 valence electrons. The monoisotopic (exact) mass is 373 g/mol. The minimum Gasteiger partial charge on any atom is -0.406 e. The summed E-state index contributed by atoms with van der Waals surface area (Å²) in [6.45, 7) is 5.37. The van der Waals surface area contributed by atoms with Crippen LogP contribution in [0.25, 0.3) is 5.70 Å². The number of benzene rings is 1. The van der Waals surface area contributed by atoms with Crippen LogP contribution >= 0.6 is 11.8 Å². The van der Waals surface area contributed by atoms with Gasteiger partial charge < -0.3 is 20.7 Å². The molecule has 0 saturated heterocycles. The van der Waals surface area contributed by atoms with E-state index in [1.807, 2.05) is 10.3 Å². The van der Waals surface area contributed by atoms with Crippen molar-refractivity contribution < 1.29 is 22.7 Å². The summed E-state index contributed by atoms with van der Waals surface area (Å²) >= 11 is 1.45. The number of nitrogens with two attached hydrogens (primary N) is 1. The zero-order valence-corrected chi connectivity index (χ0v) is 14.1. The number of nitrogens with zero attached hydrogens (tertiary/aromatic N) is 1. The summed E-state index contributed by atoms with van der Waals surface area (Å²) in [6.07, 6.45) is -3.96. The van der Waals surface area contributed by atoms with Gasteiger partial charge in [-0.05, 0) is 42.8 Å². The molecule has 0 radical (unpaired) electrons. The Balaban J connectivity index is 1.95. The van der Waals surface area contributed by atoms with Gasteiger partial charge in [-0.15, -0.1) is 13.2 Å². The maximum atomic E-state index is 12.2. The average molecular weight is 373 g/mol. The van der Waals surface area contributed by atoms with Crippen molar-refractivity contribution >= 4 is 23.4 Å². The lowest BCUT2D eigenvalue weighted by Gasteiger charge is -2.23. The van der Waals surface area contributed by atoms with E-state index in [1.54, 1.807) is 12.1 Å².